The number of amidine groups is 1. The quantitative estimate of drug-likeness (QED) is 0.572. The summed E-state index contributed by atoms with van der Waals surface area (Å²) in [5.41, 5.74) is 5.19. The number of hydrogen-bond acceptors (Lipinski definition) is 2. The van der Waals surface area contributed by atoms with Crippen molar-refractivity contribution in [1.29, 1.82) is 0 Å². The van der Waals surface area contributed by atoms with E-state index in [4.69, 9.17) is 0 Å². The van der Waals surface area contributed by atoms with Crippen LogP contribution in [0.4, 0.5) is 0 Å². The van der Waals surface area contributed by atoms with Gasteiger partial charge in [-0.05, 0) is 6.42 Å². The lowest BCUT2D eigenvalue weighted by Gasteiger charge is -1.94. The third-order valence-corrected chi connectivity index (χ3v) is 1.49. The zero-order valence-electron chi connectivity index (χ0n) is 6.68. The molecule has 0 bridgehead atoms. The molecule has 0 atom stereocenters. The summed E-state index contributed by atoms with van der Waals surface area (Å²) in [6.45, 7) is 2.93. The number of hydrazine groups is 1. The van der Waals surface area contributed by atoms with E-state index >= 15 is 0 Å². The molecule has 4 heteroatoms. The number of aliphatic imine (C=N–C) groups is 1. The molecule has 1 aliphatic heterocycles. The van der Waals surface area contributed by atoms with Gasteiger partial charge >= 0.3 is 0 Å². The van der Waals surface area contributed by atoms with Crippen LogP contribution < -0.4 is 10.9 Å². The summed E-state index contributed by atoms with van der Waals surface area (Å²) >= 11 is 0. The third-order valence-electron chi connectivity index (χ3n) is 1.49. The monoisotopic (exact) mass is 155 g/mol. The van der Waals surface area contributed by atoms with Crippen molar-refractivity contribution in [3.63, 3.8) is 0 Å². The molecule has 1 saturated heterocycles. The number of amides is 1. The van der Waals surface area contributed by atoms with E-state index in [1.54, 1.807) is 0 Å². The van der Waals surface area contributed by atoms with E-state index in [0.29, 0.717) is 6.42 Å². The highest BCUT2D eigenvalue weighted by Crippen LogP contribution is 1.93. The molecule has 0 aromatic heterocycles. The lowest BCUT2D eigenvalue weighted by Crippen LogP contribution is -2.28. The van der Waals surface area contributed by atoms with Crippen LogP contribution in [-0.2, 0) is 4.79 Å². The van der Waals surface area contributed by atoms with E-state index in [1.807, 2.05) is 0 Å². The van der Waals surface area contributed by atoms with Gasteiger partial charge in [0.1, 0.15) is 5.84 Å². The molecule has 4 nitrogen and oxygen atoms in total. The van der Waals surface area contributed by atoms with Crippen molar-refractivity contribution in [2.45, 2.75) is 26.2 Å². The van der Waals surface area contributed by atoms with E-state index in [2.05, 4.69) is 22.8 Å². The highest BCUT2D eigenvalue weighted by molar-refractivity contribution is 6.04. The van der Waals surface area contributed by atoms with Crippen molar-refractivity contribution in [3.8, 4) is 0 Å². The summed E-state index contributed by atoms with van der Waals surface area (Å²) in [6.07, 6.45) is 2.63. The normalized spacial score (nSPS) is 20.1. The molecule has 1 aliphatic rings. The largest absolute Gasteiger partial charge is 0.285 e. The minimum Gasteiger partial charge on any atom is -0.285 e. The highest BCUT2D eigenvalue weighted by Gasteiger charge is 2.13. The number of nitrogens with zero attached hydrogens (tertiary/aromatic N) is 1. The Balaban J connectivity index is 2.25. The van der Waals surface area contributed by atoms with Gasteiger partial charge in [-0.1, -0.05) is 13.3 Å². The van der Waals surface area contributed by atoms with Gasteiger partial charge in [-0.15, -0.1) is 0 Å². The maximum Gasteiger partial charge on any atom is 0.245 e. The minimum atomic E-state index is 0.000230. The molecule has 1 amide bonds. The summed E-state index contributed by atoms with van der Waals surface area (Å²) in [7, 11) is 0. The molecule has 1 heterocycles. The Morgan fingerprint density at radius 2 is 2.36 bits per heavy atom. The van der Waals surface area contributed by atoms with Crippen molar-refractivity contribution >= 4 is 11.7 Å². The number of carbonyl (C=O) groups is 1. The molecule has 62 valence electrons. The summed E-state index contributed by atoms with van der Waals surface area (Å²) in [4.78, 5) is 14.8. The van der Waals surface area contributed by atoms with E-state index in [-0.39, 0.29) is 5.91 Å². The molecule has 0 aromatic rings. The van der Waals surface area contributed by atoms with Crippen LogP contribution in [0, 0.1) is 0 Å². The molecule has 2 N–H and O–H groups in total. The van der Waals surface area contributed by atoms with Gasteiger partial charge < -0.3 is 0 Å². The fraction of sp³-hybridized carbons (Fsp3) is 0.714. The van der Waals surface area contributed by atoms with Crippen LogP contribution in [-0.4, -0.2) is 18.3 Å². The standard InChI is InChI=1S/C7H13N3O/c1-2-3-4-8-6-5-7(11)10-9-6/h2-5H2,1H3,(H,8,9)(H,10,11). The molecule has 11 heavy (non-hydrogen) atoms. The van der Waals surface area contributed by atoms with E-state index in [1.165, 1.54) is 0 Å². The maximum atomic E-state index is 10.6. The lowest BCUT2D eigenvalue weighted by molar-refractivity contribution is -0.119. The van der Waals surface area contributed by atoms with E-state index in [9.17, 15) is 4.79 Å². The zero-order chi connectivity index (χ0) is 8.10. The molecule has 0 aromatic carbocycles. The van der Waals surface area contributed by atoms with E-state index < -0.39 is 0 Å². The van der Waals surface area contributed by atoms with Crippen molar-refractivity contribution in [2.75, 3.05) is 6.54 Å². The molecular formula is C7H13N3O. The van der Waals surface area contributed by atoms with Crippen LogP contribution in [0.25, 0.3) is 0 Å². The SMILES string of the molecule is CCCCN=C1CC(=O)NN1. The van der Waals surface area contributed by atoms with Crippen LogP contribution in [0.15, 0.2) is 4.99 Å². The Hall–Kier alpha value is -1.06. The van der Waals surface area contributed by atoms with Gasteiger partial charge in [0, 0.05) is 6.54 Å². The van der Waals surface area contributed by atoms with Gasteiger partial charge in [0.15, 0.2) is 0 Å². The van der Waals surface area contributed by atoms with Crippen molar-refractivity contribution in [2.24, 2.45) is 4.99 Å². The van der Waals surface area contributed by atoms with Crippen LogP contribution in [0.2, 0.25) is 0 Å². The molecular weight excluding hydrogens is 142 g/mol. The first-order valence-electron chi connectivity index (χ1n) is 3.91. The number of nitrogens with one attached hydrogen (secondary N) is 2. The molecule has 0 radical (unpaired) electrons. The lowest BCUT2D eigenvalue weighted by atomic mass is 10.3. The Morgan fingerprint density at radius 3 is 2.91 bits per heavy atom. The van der Waals surface area contributed by atoms with Gasteiger partial charge in [0.2, 0.25) is 5.91 Å². The summed E-state index contributed by atoms with van der Waals surface area (Å²) in [5.74, 6) is 0.767. The molecule has 1 fully saturated rings. The molecule has 0 unspecified atom stereocenters. The Morgan fingerprint density at radius 1 is 1.55 bits per heavy atom. The number of carbonyl (C=O) groups excluding carboxylic acids is 1. The second-order valence-electron chi connectivity index (χ2n) is 2.53. The second-order valence-corrected chi connectivity index (χ2v) is 2.53. The number of unbranched alkanes of at least 4 members (excludes halogenated alkanes) is 1. The second kappa shape index (κ2) is 3.95. The van der Waals surface area contributed by atoms with Crippen molar-refractivity contribution < 1.29 is 4.79 Å². The van der Waals surface area contributed by atoms with E-state index in [0.717, 1.165) is 25.2 Å². The van der Waals surface area contributed by atoms with Crippen LogP contribution in [0.5, 0.6) is 0 Å². The summed E-state index contributed by atoms with van der Waals surface area (Å²) in [6, 6.07) is 0. The maximum absolute atomic E-state index is 10.6. The van der Waals surface area contributed by atoms with Gasteiger partial charge in [-0.2, -0.15) is 0 Å². The van der Waals surface area contributed by atoms with Crippen molar-refractivity contribution in [3.05, 3.63) is 0 Å². The predicted molar refractivity (Wildman–Crippen MR) is 43.1 cm³/mol. The highest BCUT2D eigenvalue weighted by atomic mass is 16.2. The van der Waals surface area contributed by atoms with Crippen LogP contribution in [0.3, 0.4) is 0 Å². The van der Waals surface area contributed by atoms with Crippen molar-refractivity contribution in [1.82, 2.24) is 10.9 Å². The fourth-order valence-corrected chi connectivity index (χ4v) is 0.850. The first-order valence-corrected chi connectivity index (χ1v) is 3.91. The summed E-state index contributed by atoms with van der Waals surface area (Å²) < 4.78 is 0. The average molecular weight is 155 g/mol. The number of rotatable bonds is 3. The third kappa shape index (κ3) is 2.57. The summed E-state index contributed by atoms with van der Waals surface area (Å²) in [5, 5.41) is 0. The smallest absolute Gasteiger partial charge is 0.245 e. The first kappa shape index (κ1) is 8.04. The predicted octanol–water partition coefficient (Wildman–Crippen LogP) is 0.210. The molecule has 0 saturated carbocycles. The first-order chi connectivity index (χ1) is 5.33. The van der Waals surface area contributed by atoms with Crippen LogP contribution >= 0.6 is 0 Å². The van der Waals surface area contributed by atoms with Gasteiger partial charge in [-0.3, -0.25) is 20.6 Å². The topological polar surface area (TPSA) is 53.5 Å². The molecule has 1 rings (SSSR count). The van der Waals surface area contributed by atoms with Crippen LogP contribution in [0.1, 0.15) is 26.2 Å². The molecule has 0 spiro atoms. The Labute approximate surface area is 66.0 Å². The Kier molecular flexibility index (Phi) is 2.89. The fourth-order valence-electron chi connectivity index (χ4n) is 0.850. The Bertz CT molecular complexity index is 177. The van der Waals surface area contributed by atoms with Gasteiger partial charge in [0.05, 0.1) is 6.42 Å². The minimum absolute atomic E-state index is 0.000230. The number of hydrogen-bond donors (Lipinski definition) is 2. The van der Waals surface area contributed by atoms with Gasteiger partial charge in [0.25, 0.3) is 0 Å². The van der Waals surface area contributed by atoms with Gasteiger partial charge in [-0.25, -0.2) is 0 Å². The zero-order valence-corrected chi connectivity index (χ0v) is 6.68. The average Bonchev–Trinajstić information content (AvgIpc) is 2.37. The molecule has 0 aliphatic carbocycles.